The molecule has 0 aliphatic heterocycles. The number of aromatic amines is 1. The van der Waals surface area contributed by atoms with Crippen molar-refractivity contribution < 1.29 is 9.59 Å². The summed E-state index contributed by atoms with van der Waals surface area (Å²) in [4.78, 5) is 26.1. The molecule has 2 aromatic rings. The largest absolute Gasteiger partial charge is 0.356 e. The summed E-state index contributed by atoms with van der Waals surface area (Å²) in [7, 11) is 0. The number of amides is 2. The molecule has 116 valence electrons. The number of carbonyl (C=O) groups excluding carboxylic acids is 2. The Labute approximate surface area is 145 Å². The van der Waals surface area contributed by atoms with Crippen LogP contribution in [0.3, 0.4) is 0 Å². The van der Waals surface area contributed by atoms with Gasteiger partial charge in [0.15, 0.2) is 0 Å². The molecule has 2 rings (SSSR count). The van der Waals surface area contributed by atoms with Crippen LogP contribution in [0.2, 0.25) is 5.02 Å². The van der Waals surface area contributed by atoms with E-state index in [4.69, 9.17) is 11.6 Å². The summed E-state index contributed by atoms with van der Waals surface area (Å²) in [5.41, 5.74) is 6.04. The molecule has 0 bridgehead atoms. The highest BCUT2D eigenvalue weighted by molar-refractivity contribution is 9.10. The van der Waals surface area contributed by atoms with Crippen LogP contribution in [0.1, 0.15) is 16.1 Å². The number of hydrazine groups is 1. The van der Waals surface area contributed by atoms with E-state index < -0.39 is 5.91 Å². The third-order valence-corrected chi connectivity index (χ3v) is 4.46. The van der Waals surface area contributed by atoms with Crippen LogP contribution in [0.15, 0.2) is 41.0 Å². The van der Waals surface area contributed by atoms with Crippen molar-refractivity contribution in [3.05, 3.63) is 57.3 Å². The number of carbonyl (C=O) groups is 2. The van der Waals surface area contributed by atoms with Crippen LogP contribution in [0.25, 0.3) is 0 Å². The van der Waals surface area contributed by atoms with Crippen molar-refractivity contribution in [3.8, 4) is 0 Å². The predicted molar refractivity (Wildman–Crippen MR) is 91.7 cm³/mol. The van der Waals surface area contributed by atoms with Crippen LogP contribution in [-0.2, 0) is 10.5 Å². The first kappa shape index (κ1) is 16.9. The number of benzene rings is 1. The van der Waals surface area contributed by atoms with Crippen molar-refractivity contribution in [1.82, 2.24) is 15.8 Å². The van der Waals surface area contributed by atoms with Gasteiger partial charge >= 0.3 is 0 Å². The molecule has 3 N–H and O–H groups in total. The van der Waals surface area contributed by atoms with E-state index in [0.29, 0.717) is 16.5 Å². The summed E-state index contributed by atoms with van der Waals surface area (Å²) in [6, 6.07) is 9.10. The molecule has 8 heteroatoms. The van der Waals surface area contributed by atoms with Gasteiger partial charge in [0.05, 0.1) is 5.75 Å². The molecule has 0 radical (unpaired) electrons. The van der Waals surface area contributed by atoms with E-state index in [1.165, 1.54) is 11.8 Å². The number of hydrogen-bond donors (Lipinski definition) is 3. The van der Waals surface area contributed by atoms with Gasteiger partial charge in [0.25, 0.3) is 5.91 Å². The molecule has 22 heavy (non-hydrogen) atoms. The highest BCUT2D eigenvalue weighted by Crippen LogP contribution is 2.20. The molecule has 0 unspecified atom stereocenters. The zero-order valence-corrected chi connectivity index (χ0v) is 14.5. The zero-order chi connectivity index (χ0) is 15.9. The van der Waals surface area contributed by atoms with Gasteiger partial charge in [-0.25, -0.2) is 0 Å². The smallest absolute Gasteiger partial charge is 0.286 e. The SMILES string of the molecule is O=C(CSCc1ccccc1Cl)NNC(=O)c1cc(Br)c[nH]1. The second-order valence-corrected chi connectivity index (χ2v) is 6.63. The number of thioether (sulfide) groups is 1. The van der Waals surface area contributed by atoms with Crippen molar-refractivity contribution in [3.63, 3.8) is 0 Å². The number of hydrogen-bond acceptors (Lipinski definition) is 3. The van der Waals surface area contributed by atoms with Crippen molar-refractivity contribution in [2.24, 2.45) is 0 Å². The van der Waals surface area contributed by atoms with Crippen molar-refractivity contribution >= 4 is 51.1 Å². The van der Waals surface area contributed by atoms with Crippen LogP contribution in [0.4, 0.5) is 0 Å². The highest BCUT2D eigenvalue weighted by Gasteiger charge is 2.09. The molecule has 2 amide bonds. The molecular formula is C14H13BrClN3O2S. The van der Waals surface area contributed by atoms with Crippen LogP contribution in [-0.4, -0.2) is 22.6 Å². The number of rotatable bonds is 5. The van der Waals surface area contributed by atoms with Gasteiger partial charge in [-0.15, -0.1) is 11.8 Å². The van der Waals surface area contributed by atoms with Crippen LogP contribution in [0, 0.1) is 0 Å². The topological polar surface area (TPSA) is 74.0 Å². The first-order valence-corrected chi connectivity index (χ1v) is 8.63. The Morgan fingerprint density at radius 1 is 1.27 bits per heavy atom. The van der Waals surface area contributed by atoms with E-state index in [-0.39, 0.29) is 11.7 Å². The molecular weight excluding hydrogens is 390 g/mol. The maximum Gasteiger partial charge on any atom is 0.286 e. The summed E-state index contributed by atoms with van der Waals surface area (Å²) < 4.78 is 0.763. The van der Waals surface area contributed by atoms with E-state index in [9.17, 15) is 9.59 Å². The number of aromatic nitrogens is 1. The van der Waals surface area contributed by atoms with Crippen molar-refractivity contribution in [1.29, 1.82) is 0 Å². The highest BCUT2D eigenvalue weighted by atomic mass is 79.9. The van der Waals surface area contributed by atoms with E-state index in [0.717, 1.165) is 10.0 Å². The Kier molecular flexibility index (Phi) is 6.35. The van der Waals surface area contributed by atoms with Gasteiger partial charge in [0.2, 0.25) is 5.91 Å². The Morgan fingerprint density at radius 2 is 2.05 bits per heavy atom. The Balaban J connectivity index is 1.70. The maximum atomic E-state index is 11.7. The lowest BCUT2D eigenvalue weighted by atomic mass is 10.2. The van der Waals surface area contributed by atoms with Gasteiger partial charge in [-0.05, 0) is 33.6 Å². The minimum atomic E-state index is -0.407. The fourth-order valence-corrected chi connectivity index (χ4v) is 3.05. The summed E-state index contributed by atoms with van der Waals surface area (Å²) in [5, 5.41) is 0.682. The zero-order valence-electron chi connectivity index (χ0n) is 11.4. The standard InChI is InChI=1S/C14H13BrClN3O2S/c15-10-5-12(17-6-10)14(21)19-18-13(20)8-22-7-9-3-1-2-4-11(9)16/h1-6,17H,7-8H2,(H,18,20)(H,19,21). The van der Waals surface area contributed by atoms with Gasteiger partial charge in [0.1, 0.15) is 5.69 Å². The van der Waals surface area contributed by atoms with Crippen LogP contribution in [0.5, 0.6) is 0 Å². The summed E-state index contributed by atoms with van der Waals surface area (Å²) >= 11 is 10.7. The molecule has 0 aliphatic carbocycles. The van der Waals surface area contributed by atoms with E-state index in [1.807, 2.05) is 24.3 Å². The number of H-pyrrole nitrogens is 1. The second kappa shape index (κ2) is 8.26. The van der Waals surface area contributed by atoms with Crippen molar-refractivity contribution in [2.45, 2.75) is 5.75 Å². The molecule has 0 fully saturated rings. The minimum Gasteiger partial charge on any atom is -0.356 e. The van der Waals surface area contributed by atoms with Crippen LogP contribution < -0.4 is 10.9 Å². The Hall–Kier alpha value is -1.44. The molecule has 0 saturated carbocycles. The molecule has 0 saturated heterocycles. The first-order valence-electron chi connectivity index (χ1n) is 6.30. The monoisotopic (exact) mass is 401 g/mol. The predicted octanol–water partition coefficient (Wildman–Crippen LogP) is 3.12. The minimum absolute atomic E-state index is 0.222. The Bertz CT molecular complexity index is 678. The van der Waals surface area contributed by atoms with E-state index in [2.05, 4.69) is 31.8 Å². The van der Waals surface area contributed by atoms with Crippen molar-refractivity contribution in [2.75, 3.05) is 5.75 Å². The fourth-order valence-electron chi connectivity index (χ4n) is 1.60. The molecule has 0 aliphatic rings. The third kappa shape index (κ3) is 5.08. The molecule has 0 atom stereocenters. The van der Waals surface area contributed by atoms with Gasteiger partial charge in [-0.3, -0.25) is 20.4 Å². The third-order valence-electron chi connectivity index (χ3n) is 2.66. The Morgan fingerprint density at radius 3 is 2.73 bits per heavy atom. The lowest BCUT2D eigenvalue weighted by Crippen LogP contribution is -2.42. The van der Waals surface area contributed by atoms with Gasteiger partial charge < -0.3 is 4.98 Å². The second-order valence-electron chi connectivity index (χ2n) is 4.32. The van der Waals surface area contributed by atoms with Crippen LogP contribution >= 0.6 is 39.3 Å². The summed E-state index contributed by atoms with van der Waals surface area (Å²) in [6.45, 7) is 0. The maximum absolute atomic E-state index is 11.7. The van der Waals surface area contributed by atoms with E-state index in [1.54, 1.807) is 12.3 Å². The average molecular weight is 403 g/mol. The summed E-state index contributed by atoms with van der Waals surface area (Å²) in [5.74, 6) is 0.163. The van der Waals surface area contributed by atoms with Gasteiger partial charge in [-0.1, -0.05) is 29.8 Å². The number of halogens is 2. The van der Waals surface area contributed by atoms with Gasteiger partial charge in [-0.2, -0.15) is 0 Å². The normalized spacial score (nSPS) is 10.3. The molecule has 0 spiro atoms. The average Bonchev–Trinajstić information content (AvgIpc) is 2.93. The molecule has 1 aromatic carbocycles. The summed E-state index contributed by atoms with van der Waals surface area (Å²) in [6.07, 6.45) is 1.64. The lowest BCUT2D eigenvalue weighted by molar-refractivity contribution is -0.119. The first-order chi connectivity index (χ1) is 10.6. The van der Waals surface area contributed by atoms with Gasteiger partial charge in [0, 0.05) is 21.4 Å². The van der Waals surface area contributed by atoms with E-state index >= 15 is 0 Å². The number of nitrogens with one attached hydrogen (secondary N) is 3. The lowest BCUT2D eigenvalue weighted by Gasteiger charge is -2.07. The quantitative estimate of drug-likeness (QED) is 0.673. The molecule has 1 aromatic heterocycles. The fraction of sp³-hybridized carbons (Fsp3) is 0.143. The molecule has 1 heterocycles. The molecule has 5 nitrogen and oxygen atoms in total.